The first-order chi connectivity index (χ1) is 13.9. The smallest absolute Gasteiger partial charge is 0.224 e. The number of amides is 1. The monoisotopic (exact) mass is 432 g/mol. The molecular formula is C24H33ClN2O3. The summed E-state index contributed by atoms with van der Waals surface area (Å²) in [5, 5.41) is 3.35. The van der Waals surface area contributed by atoms with E-state index >= 15 is 0 Å². The highest BCUT2D eigenvalue weighted by Gasteiger charge is 2.22. The Labute approximate surface area is 186 Å². The summed E-state index contributed by atoms with van der Waals surface area (Å²) in [6.07, 6.45) is 0.617. The van der Waals surface area contributed by atoms with Crippen LogP contribution in [-0.4, -0.2) is 49.8 Å². The largest absolute Gasteiger partial charge is 0.491 e. The lowest BCUT2D eigenvalue weighted by Crippen LogP contribution is -2.44. The summed E-state index contributed by atoms with van der Waals surface area (Å²) < 4.78 is 11.2. The van der Waals surface area contributed by atoms with Gasteiger partial charge in [-0.1, -0.05) is 30.3 Å². The van der Waals surface area contributed by atoms with E-state index in [1.54, 1.807) is 0 Å². The average Bonchev–Trinajstić information content (AvgIpc) is 2.73. The van der Waals surface area contributed by atoms with Crippen LogP contribution in [0.1, 0.15) is 38.8 Å². The van der Waals surface area contributed by atoms with E-state index in [-0.39, 0.29) is 36.5 Å². The number of carbonyl (C=O) groups excluding carboxylic acids is 1. The van der Waals surface area contributed by atoms with Gasteiger partial charge >= 0.3 is 0 Å². The maximum Gasteiger partial charge on any atom is 0.224 e. The highest BCUT2D eigenvalue weighted by molar-refractivity contribution is 5.85. The number of hydrogen-bond donors (Lipinski definition) is 1. The molecule has 0 aliphatic carbocycles. The maximum atomic E-state index is 12.7. The Morgan fingerprint density at radius 1 is 1.17 bits per heavy atom. The second kappa shape index (κ2) is 11.3. The van der Waals surface area contributed by atoms with Crippen LogP contribution in [0, 0.1) is 0 Å². The Morgan fingerprint density at radius 3 is 2.53 bits per heavy atom. The molecule has 1 amide bonds. The van der Waals surface area contributed by atoms with E-state index in [0.717, 1.165) is 29.0 Å². The van der Waals surface area contributed by atoms with Crippen LogP contribution >= 0.6 is 12.4 Å². The van der Waals surface area contributed by atoms with Crippen LogP contribution in [-0.2, 0) is 9.53 Å². The Morgan fingerprint density at radius 2 is 1.90 bits per heavy atom. The van der Waals surface area contributed by atoms with Gasteiger partial charge in [0.15, 0.2) is 0 Å². The summed E-state index contributed by atoms with van der Waals surface area (Å²) in [6.45, 7) is 8.23. The third-order valence-corrected chi connectivity index (χ3v) is 5.32. The van der Waals surface area contributed by atoms with E-state index in [1.807, 2.05) is 37.9 Å². The fourth-order valence-corrected chi connectivity index (χ4v) is 3.52. The molecule has 1 aliphatic heterocycles. The van der Waals surface area contributed by atoms with Gasteiger partial charge < -0.3 is 19.7 Å². The number of morpholine rings is 1. The molecule has 2 aromatic rings. The lowest BCUT2D eigenvalue weighted by Gasteiger charge is -2.29. The van der Waals surface area contributed by atoms with Crippen molar-refractivity contribution in [2.24, 2.45) is 0 Å². The maximum absolute atomic E-state index is 12.7. The predicted octanol–water partition coefficient (Wildman–Crippen LogP) is 4.46. The van der Waals surface area contributed by atoms with E-state index < -0.39 is 0 Å². The van der Waals surface area contributed by atoms with Gasteiger partial charge in [-0.25, -0.2) is 0 Å². The minimum Gasteiger partial charge on any atom is -0.491 e. The van der Waals surface area contributed by atoms with Gasteiger partial charge in [0.25, 0.3) is 0 Å². The summed E-state index contributed by atoms with van der Waals surface area (Å²) in [5.74, 6) is 1.000. The third-order valence-electron chi connectivity index (χ3n) is 5.32. The van der Waals surface area contributed by atoms with Gasteiger partial charge in [-0.3, -0.25) is 4.79 Å². The van der Waals surface area contributed by atoms with Gasteiger partial charge in [0.2, 0.25) is 5.91 Å². The van der Waals surface area contributed by atoms with E-state index in [2.05, 4.69) is 48.6 Å². The number of nitrogens with one attached hydrogen (secondary N) is 1. The lowest BCUT2D eigenvalue weighted by atomic mass is 9.99. The molecule has 5 nitrogen and oxygen atoms in total. The number of hydrogen-bond acceptors (Lipinski definition) is 4. The summed E-state index contributed by atoms with van der Waals surface area (Å²) in [4.78, 5) is 14.6. The number of nitrogens with zero attached hydrogens (tertiary/aromatic N) is 1. The molecule has 164 valence electrons. The molecule has 3 rings (SSSR count). The third kappa shape index (κ3) is 6.46. The molecule has 0 radical (unpaired) electrons. The predicted molar refractivity (Wildman–Crippen MR) is 123 cm³/mol. The van der Waals surface area contributed by atoms with Crippen molar-refractivity contribution in [3.8, 4) is 16.9 Å². The van der Waals surface area contributed by atoms with Gasteiger partial charge in [-0.2, -0.15) is 0 Å². The van der Waals surface area contributed by atoms with Gasteiger partial charge in [0, 0.05) is 26.1 Å². The van der Waals surface area contributed by atoms with Crippen molar-refractivity contribution in [3.63, 3.8) is 0 Å². The quantitative estimate of drug-likeness (QED) is 0.701. The second-order valence-electron chi connectivity index (χ2n) is 7.93. The van der Waals surface area contributed by atoms with Crippen molar-refractivity contribution in [3.05, 3.63) is 54.1 Å². The molecule has 2 unspecified atom stereocenters. The fraction of sp³-hybridized carbons (Fsp3) is 0.458. The van der Waals surface area contributed by atoms with Crippen LogP contribution in [0.15, 0.2) is 48.5 Å². The zero-order valence-corrected chi connectivity index (χ0v) is 19.1. The van der Waals surface area contributed by atoms with Gasteiger partial charge in [-0.15, -0.1) is 12.4 Å². The lowest BCUT2D eigenvalue weighted by molar-refractivity contribution is -0.133. The Hall–Kier alpha value is -2.08. The summed E-state index contributed by atoms with van der Waals surface area (Å²) >= 11 is 0. The number of carbonyl (C=O) groups is 1. The first kappa shape index (κ1) is 24.2. The van der Waals surface area contributed by atoms with Crippen molar-refractivity contribution in [2.45, 2.75) is 45.4 Å². The first-order valence-electron chi connectivity index (χ1n) is 10.4. The highest BCUT2D eigenvalue weighted by Crippen LogP contribution is 2.27. The molecule has 1 heterocycles. The molecule has 0 aromatic heterocycles. The first-order valence-corrected chi connectivity index (χ1v) is 10.4. The molecule has 6 heteroatoms. The number of benzene rings is 2. The van der Waals surface area contributed by atoms with Crippen molar-refractivity contribution in [1.29, 1.82) is 0 Å². The minimum absolute atomic E-state index is 0. The van der Waals surface area contributed by atoms with Gasteiger partial charge in [0.05, 0.1) is 25.4 Å². The van der Waals surface area contributed by atoms with Crippen LogP contribution in [0.5, 0.6) is 5.75 Å². The zero-order chi connectivity index (χ0) is 20.8. The van der Waals surface area contributed by atoms with Crippen LogP contribution in [0.3, 0.4) is 0 Å². The van der Waals surface area contributed by atoms with Crippen molar-refractivity contribution in [2.75, 3.05) is 26.8 Å². The molecule has 30 heavy (non-hydrogen) atoms. The molecule has 0 saturated carbocycles. The number of rotatable bonds is 7. The number of halogens is 1. The minimum atomic E-state index is -0.00416. The fourth-order valence-electron chi connectivity index (χ4n) is 3.52. The van der Waals surface area contributed by atoms with Crippen LogP contribution in [0.25, 0.3) is 11.1 Å². The molecule has 1 aliphatic rings. The molecule has 0 bridgehead atoms. The van der Waals surface area contributed by atoms with Crippen LogP contribution in [0.2, 0.25) is 0 Å². The van der Waals surface area contributed by atoms with Crippen LogP contribution in [0.4, 0.5) is 0 Å². The molecular weight excluding hydrogens is 400 g/mol. The van der Waals surface area contributed by atoms with Gasteiger partial charge in [0.1, 0.15) is 5.75 Å². The molecule has 1 N–H and O–H groups in total. The molecule has 1 fully saturated rings. The van der Waals surface area contributed by atoms with E-state index in [0.29, 0.717) is 19.6 Å². The summed E-state index contributed by atoms with van der Waals surface area (Å²) in [5.41, 5.74) is 3.38. The highest BCUT2D eigenvalue weighted by atomic mass is 35.5. The van der Waals surface area contributed by atoms with Crippen molar-refractivity contribution < 1.29 is 14.3 Å². The Bertz CT molecular complexity index is 804. The standard InChI is InChI=1S/C24H32N2O3.ClH/c1-17(2)29-23-10-8-19(9-11-23)21-7-5-6-20(14-21)18(3)26(4)24(27)15-22-16-28-13-12-25-22;/h5-11,14,17-18,22,25H,12-13,15-16H2,1-4H3;1H. The van der Waals surface area contributed by atoms with E-state index in [1.165, 1.54) is 0 Å². The van der Waals surface area contributed by atoms with Gasteiger partial charge in [-0.05, 0) is 55.7 Å². The molecule has 2 aromatic carbocycles. The van der Waals surface area contributed by atoms with Crippen LogP contribution < -0.4 is 10.1 Å². The zero-order valence-electron chi connectivity index (χ0n) is 18.3. The average molecular weight is 433 g/mol. The van der Waals surface area contributed by atoms with E-state index in [4.69, 9.17) is 9.47 Å². The van der Waals surface area contributed by atoms with E-state index in [9.17, 15) is 4.79 Å². The summed E-state index contributed by atoms with van der Waals surface area (Å²) in [7, 11) is 1.88. The molecule has 2 atom stereocenters. The normalized spacial score (nSPS) is 17.2. The molecule has 0 spiro atoms. The van der Waals surface area contributed by atoms with Crippen molar-refractivity contribution >= 4 is 18.3 Å². The topological polar surface area (TPSA) is 50.8 Å². The Balaban J connectivity index is 0.00000320. The second-order valence-corrected chi connectivity index (χ2v) is 7.93. The Kier molecular flexibility index (Phi) is 9.15. The molecule has 1 saturated heterocycles. The van der Waals surface area contributed by atoms with Crippen molar-refractivity contribution in [1.82, 2.24) is 10.2 Å². The SMILES string of the molecule is CC(C)Oc1ccc(-c2cccc(C(C)N(C)C(=O)CC3COCCN3)c2)cc1.Cl. The number of ether oxygens (including phenoxy) is 2. The summed E-state index contributed by atoms with van der Waals surface area (Å²) in [6, 6.07) is 16.6.